The fourth-order valence-corrected chi connectivity index (χ4v) is 1.66. The van der Waals surface area contributed by atoms with Crippen molar-refractivity contribution in [1.29, 1.82) is 0 Å². The van der Waals surface area contributed by atoms with Crippen LogP contribution in [0.25, 0.3) is 5.65 Å². The van der Waals surface area contributed by atoms with Crippen LogP contribution >= 0.6 is 0 Å². The number of hydrogen-bond donors (Lipinski definition) is 0. The number of Topliss-reactive ketones (excluding diaryl/α,β-unsaturated/α-hetero) is 1. The Morgan fingerprint density at radius 3 is 2.81 bits per heavy atom. The van der Waals surface area contributed by atoms with Crippen LogP contribution in [0.3, 0.4) is 0 Å². The summed E-state index contributed by atoms with van der Waals surface area (Å²) in [6, 6.07) is 3.58. The predicted octanol–water partition coefficient (Wildman–Crippen LogP) is 2.13. The largest absolute Gasteiger partial charge is 0.295 e. The molecule has 0 saturated heterocycles. The normalized spacial score (nSPS) is 11.2. The summed E-state index contributed by atoms with van der Waals surface area (Å²) in [5, 5.41) is 8.21. The fourth-order valence-electron chi connectivity index (χ4n) is 1.66. The SMILES string of the molecule is CC(=O)c1ccn2c(CC(C)C)nnc2c1. The number of pyridine rings is 1. The molecule has 0 saturated carbocycles. The highest BCUT2D eigenvalue weighted by atomic mass is 16.1. The van der Waals surface area contributed by atoms with Gasteiger partial charge in [0.2, 0.25) is 0 Å². The van der Waals surface area contributed by atoms with Crippen molar-refractivity contribution < 1.29 is 4.79 Å². The number of rotatable bonds is 3. The number of ketones is 1. The van der Waals surface area contributed by atoms with Crippen LogP contribution in [0.4, 0.5) is 0 Å². The molecule has 0 bridgehead atoms. The van der Waals surface area contributed by atoms with E-state index in [2.05, 4.69) is 24.0 Å². The lowest BCUT2D eigenvalue weighted by molar-refractivity contribution is 0.101. The highest BCUT2D eigenvalue weighted by molar-refractivity contribution is 5.94. The maximum Gasteiger partial charge on any atom is 0.161 e. The number of nitrogens with zero attached hydrogens (tertiary/aromatic N) is 3. The molecule has 84 valence electrons. The van der Waals surface area contributed by atoms with Gasteiger partial charge in [0.05, 0.1) is 0 Å². The second-order valence-electron chi connectivity index (χ2n) is 4.41. The molecule has 0 atom stereocenters. The van der Waals surface area contributed by atoms with Gasteiger partial charge in [0.15, 0.2) is 11.4 Å². The zero-order chi connectivity index (χ0) is 11.7. The monoisotopic (exact) mass is 217 g/mol. The van der Waals surface area contributed by atoms with Crippen LogP contribution in [0.5, 0.6) is 0 Å². The molecule has 2 heterocycles. The van der Waals surface area contributed by atoms with E-state index in [1.54, 1.807) is 13.0 Å². The summed E-state index contributed by atoms with van der Waals surface area (Å²) in [6.07, 6.45) is 2.75. The van der Waals surface area contributed by atoms with E-state index in [0.29, 0.717) is 11.5 Å². The average molecular weight is 217 g/mol. The van der Waals surface area contributed by atoms with Gasteiger partial charge >= 0.3 is 0 Å². The third-order valence-electron chi connectivity index (χ3n) is 2.48. The van der Waals surface area contributed by atoms with E-state index >= 15 is 0 Å². The molecule has 4 nitrogen and oxygen atoms in total. The molecular formula is C12H15N3O. The Kier molecular flexibility index (Phi) is 2.73. The topological polar surface area (TPSA) is 47.3 Å². The third kappa shape index (κ3) is 1.96. The van der Waals surface area contributed by atoms with E-state index in [0.717, 1.165) is 17.9 Å². The maximum absolute atomic E-state index is 11.2. The van der Waals surface area contributed by atoms with Gasteiger partial charge in [-0.15, -0.1) is 10.2 Å². The number of fused-ring (bicyclic) bond motifs is 1. The van der Waals surface area contributed by atoms with Gasteiger partial charge in [-0.1, -0.05) is 13.8 Å². The van der Waals surface area contributed by atoms with Crippen LogP contribution in [-0.2, 0) is 6.42 Å². The van der Waals surface area contributed by atoms with Gasteiger partial charge in [0.1, 0.15) is 5.82 Å². The first kappa shape index (κ1) is 10.8. The van der Waals surface area contributed by atoms with Gasteiger partial charge in [-0.05, 0) is 25.0 Å². The number of hydrogen-bond acceptors (Lipinski definition) is 3. The van der Waals surface area contributed by atoms with E-state index in [-0.39, 0.29) is 5.78 Å². The summed E-state index contributed by atoms with van der Waals surface area (Å²) < 4.78 is 1.94. The minimum absolute atomic E-state index is 0.0518. The lowest BCUT2D eigenvalue weighted by Gasteiger charge is -2.03. The molecule has 4 heteroatoms. The van der Waals surface area contributed by atoms with Crippen molar-refractivity contribution >= 4 is 11.4 Å². The standard InChI is InChI=1S/C12H15N3O/c1-8(2)6-11-13-14-12-7-10(9(3)16)4-5-15(11)12/h4-5,7-8H,6H2,1-3H3. The van der Waals surface area contributed by atoms with Crippen molar-refractivity contribution in [3.63, 3.8) is 0 Å². The summed E-state index contributed by atoms with van der Waals surface area (Å²) in [7, 11) is 0. The second-order valence-corrected chi connectivity index (χ2v) is 4.41. The minimum atomic E-state index is 0.0518. The highest BCUT2D eigenvalue weighted by Crippen LogP contribution is 2.11. The number of carbonyl (C=O) groups is 1. The molecule has 0 aliphatic heterocycles. The van der Waals surface area contributed by atoms with Gasteiger partial charge in [0.25, 0.3) is 0 Å². The molecule has 2 aromatic heterocycles. The van der Waals surface area contributed by atoms with E-state index in [1.807, 2.05) is 16.7 Å². The Bertz CT molecular complexity index is 528. The smallest absolute Gasteiger partial charge is 0.161 e. The molecule has 0 N–H and O–H groups in total. The molecule has 0 aliphatic rings. The summed E-state index contributed by atoms with van der Waals surface area (Å²) in [5.41, 5.74) is 1.42. The Morgan fingerprint density at radius 1 is 1.44 bits per heavy atom. The van der Waals surface area contributed by atoms with Crippen LogP contribution in [0, 0.1) is 5.92 Å². The third-order valence-corrected chi connectivity index (χ3v) is 2.48. The summed E-state index contributed by atoms with van der Waals surface area (Å²) in [4.78, 5) is 11.2. The van der Waals surface area contributed by atoms with Gasteiger partial charge in [-0.3, -0.25) is 9.20 Å². The lowest BCUT2D eigenvalue weighted by atomic mass is 10.1. The molecule has 0 unspecified atom stereocenters. The molecule has 0 amide bonds. The van der Waals surface area contributed by atoms with Gasteiger partial charge in [-0.2, -0.15) is 0 Å². The fraction of sp³-hybridized carbons (Fsp3) is 0.417. The summed E-state index contributed by atoms with van der Waals surface area (Å²) >= 11 is 0. The first-order chi connectivity index (χ1) is 7.58. The molecule has 0 spiro atoms. The lowest BCUT2D eigenvalue weighted by Crippen LogP contribution is -2.01. The van der Waals surface area contributed by atoms with Gasteiger partial charge < -0.3 is 0 Å². The molecule has 0 fully saturated rings. The van der Waals surface area contributed by atoms with E-state index in [4.69, 9.17) is 0 Å². The quantitative estimate of drug-likeness (QED) is 0.740. The van der Waals surface area contributed by atoms with Crippen molar-refractivity contribution in [2.24, 2.45) is 5.92 Å². The van der Waals surface area contributed by atoms with Crippen molar-refractivity contribution in [3.8, 4) is 0 Å². The molecule has 0 aliphatic carbocycles. The number of aromatic nitrogens is 3. The molecule has 2 aromatic rings. The predicted molar refractivity (Wildman–Crippen MR) is 61.5 cm³/mol. The van der Waals surface area contributed by atoms with Crippen molar-refractivity contribution in [1.82, 2.24) is 14.6 Å². The van der Waals surface area contributed by atoms with E-state index in [9.17, 15) is 4.79 Å². The molecule has 0 aromatic carbocycles. The Balaban J connectivity index is 2.46. The summed E-state index contributed by atoms with van der Waals surface area (Å²) in [5.74, 6) is 1.54. The van der Waals surface area contributed by atoms with Gasteiger partial charge in [-0.25, -0.2) is 0 Å². The molecule has 2 rings (SSSR count). The zero-order valence-corrected chi connectivity index (χ0v) is 9.77. The molecular weight excluding hydrogens is 202 g/mol. The molecule has 0 radical (unpaired) electrons. The Morgan fingerprint density at radius 2 is 2.19 bits per heavy atom. The minimum Gasteiger partial charge on any atom is -0.295 e. The van der Waals surface area contributed by atoms with Crippen LogP contribution in [0.15, 0.2) is 18.3 Å². The first-order valence-electron chi connectivity index (χ1n) is 5.42. The highest BCUT2D eigenvalue weighted by Gasteiger charge is 2.08. The van der Waals surface area contributed by atoms with Gasteiger partial charge in [0, 0.05) is 18.2 Å². The van der Waals surface area contributed by atoms with E-state index in [1.165, 1.54) is 0 Å². The van der Waals surface area contributed by atoms with Crippen LogP contribution in [0.2, 0.25) is 0 Å². The molecule has 16 heavy (non-hydrogen) atoms. The van der Waals surface area contributed by atoms with Crippen molar-refractivity contribution in [2.45, 2.75) is 27.2 Å². The Labute approximate surface area is 94.3 Å². The van der Waals surface area contributed by atoms with E-state index < -0.39 is 0 Å². The summed E-state index contributed by atoms with van der Waals surface area (Å²) in [6.45, 7) is 5.84. The maximum atomic E-state index is 11.2. The van der Waals surface area contributed by atoms with Crippen LogP contribution in [-0.4, -0.2) is 20.4 Å². The zero-order valence-electron chi connectivity index (χ0n) is 9.77. The Hall–Kier alpha value is -1.71. The average Bonchev–Trinajstić information content (AvgIpc) is 2.60. The number of carbonyl (C=O) groups excluding carboxylic acids is 1. The van der Waals surface area contributed by atoms with Crippen molar-refractivity contribution in [2.75, 3.05) is 0 Å². The first-order valence-corrected chi connectivity index (χ1v) is 5.42. The van der Waals surface area contributed by atoms with Crippen LogP contribution < -0.4 is 0 Å². The van der Waals surface area contributed by atoms with Crippen molar-refractivity contribution in [3.05, 3.63) is 29.7 Å². The van der Waals surface area contributed by atoms with Crippen LogP contribution in [0.1, 0.15) is 37.0 Å². The second kappa shape index (κ2) is 4.04.